The number of carbonyl (C=O) groups excluding carboxylic acids is 1. The molecule has 0 bridgehead atoms. The zero-order valence-electron chi connectivity index (χ0n) is 10.9. The van der Waals surface area contributed by atoms with Crippen molar-refractivity contribution < 1.29 is 4.79 Å². The Labute approximate surface area is 99.4 Å². The summed E-state index contributed by atoms with van der Waals surface area (Å²) in [5, 5.41) is 0. The molecule has 3 heteroatoms. The Balaban J connectivity index is 2.48. The summed E-state index contributed by atoms with van der Waals surface area (Å²) in [5.41, 5.74) is 5.95. The predicted molar refractivity (Wildman–Crippen MR) is 67.0 cm³/mol. The first-order valence-corrected chi connectivity index (χ1v) is 6.64. The van der Waals surface area contributed by atoms with Crippen molar-refractivity contribution in [3.05, 3.63) is 0 Å². The first-order valence-electron chi connectivity index (χ1n) is 6.64. The molecule has 3 unspecified atom stereocenters. The largest absolute Gasteiger partial charge is 0.341 e. The van der Waals surface area contributed by atoms with Crippen LogP contribution in [0.5, 0.6) is 0 Å². The van der Waals surface area contributed by atoms with Crippen molar-refractivity contribution in [3.63, 3.8) is 0 Å². The number of rotatable bonds is 5. The second-order valence-electron chi connectivity index (χ2n) is 5.13. The molecule has 0 aromatic rings. The summed E-state index contributed by atoms with van der Waals surface area (Å²) >= 11 is 0. The van der Waals surface area contributed by atoms with E-state index in [4.69, 9.17) is 5.73 Å². The molecule has 0 saturated carbocycles. The maximum Gasteiger partial charge on any atom is 0.225 e. The van der Waals surface area contributed by atoms with Gasteiger partial charge in [-0.05, 0) is 18.8 Å². The highest BCUT2D eigenvalue weighted by molar-refractivity contribution is 5.79. The van der Waals surface area contributed by atoms with E-state index in [1.54, 1.807) is 0 Å². The van der Waals surface area contributed by atoms with Crippen LogP contribution < -0.4 is 5.73 Å². The molecule has 1 heterocycles. The minimum atomic E-state index is 0.174. The Morgan fingerprint density at radius 1 is 1.44 bits per heavy atom. The Hall–Kier alpha value is -0.570. The first kappa shape index (κ1) is 13.5. The number of carbonyl (C=O) groups is 1. The molecule has 0 spiro atoms. The first-order chi connectivity index (χ1) is 7.60. The summed E-state index contributed by atoms with van der Waals surface area (Å²) in [4.78, 5) is 14.2. The van der Waals surface area contributed by atoms with Crippen LogP contribution in [0.2, 0.25) is 0 Å². The van der Waals surface area contributed by atoms with E-state index in [0.29, 0.717) is 11.8 Å². The molecule has 2 N–H and O–H groups in total. The Kier molecular flexibility index (Phi) is 5.26. The van der Waals surface area contributed by atoms with E-state index < -0.39 is 0 Å². The van der Waals surface area contributed by atoms with Crippen molar-refractivity contribution in [1.82, 2.24) is 4.90 Å². The quantitative estimate of drug-likeness (QED) is 0.779. The Morgan fingerprint density at radius 3 is 2.56 bits per heavy atom. The number of unbranched alkanes of at least 4 members (excludes halogenated alkanes) is 1. The van der Waals surface area contributed by atoms with Crippen molar-refractivity contribution in [1.29, 1.82) is 0 Å². The smallest absolute Gasteiger partial charge is 0.225 e. The SMILES string of the molecule is CCCCC(CC)C(=O)N1CC(C)C(N)C1. The summed E-state index contributed by atoms with van der Waals surface area (Å²) in [6.07, 6.45) is 4.31. The molecule has 1 amide bonds. The zero-order chi connectivity index (χ0) is 12.1. The molecular weight excluding hydrogens is 200 g/mol. The van der Waals surface area contributed by atoms with Crippen LogP contribution in [0.25, 0.3) is 0 Å². The average Bonchev–Trinajstić information content (AvgIpc) is 2.60. The lowest BCUT2D eigenvalue weighted by atomic mass is 9.98. The fourth-order valence-electron chi connectivity index (χ4n) is 2.38. The minimum absolute atomic E-state index is 0.174. The van der Waals surface area contributed by atoms with Crippen molar-refractivity contribution in [2.75, 3.05) is 13.1 Å². The standard InChI is InChI=1S/C13H26N2O/c1-4-6-7-11(5-2)13(16)15-8-10(3)12(14)9-15/h10-12H,4-9,14H2,1-3H3. The summed E-state index contributed by atoms with van der Waals surface area (Å²) in [5.74, 6) is 1.00. The van der Waals surface area contributed by atoms with Crippen LogP contribution in [0, 0.1) is 11.8 Å². The van der Waals surface area contributed by atoms with Gasteiger partial charge in [0.1, 0.15) is 0 Å². The minimum Gasteiger partial charge on any atom is -0.341 e. The van der Waals surface area contributed by atoms with E-state index >= 15 is 0 Å². The highest BCUT2D eigenvalue weighted by Gasteiger charge is 2.32. The molecule has 3 nitrogen and oxygen atoms in total. The summed E-state index contributed by atoms with van der Waals surface area (Å²) in [7, 11) is 0. The number of hydrogen-bond donors (Lipinski definition) is 1. The van der Waals surface area contributed by atoms with Crippen molar-refractivity contribution in [2.24, 2.45) is 17.6 Å². The van der Waals surface area contributed by atoms with Crippen LogP contribution >= 0.6 is 0 Å². The maximum absolute atomic E-state index is 12.2. The van der Waals surface area contributed by atoms with E-state index in [1.807, 2.05) is 4.90 Å². The summed E-state index contributed by atoms with van der Waals surface area (Å²) < 4.78 is 0. The Morgan fingerprint density at radius 2 is 2.12 bits per heavy atom. The van der Waals surface area contributed by atoms with Gasteiger partial charge in [-0.3, -0.25) is 4.79 Å². The molecule has 16 heavy (non-hydrogen) atoms. The van der Waals surface area contributed by atoms with Gasteiger partial charge in [0.25, 0.3) is 0 Å². The number of hydrogen-bond acceptors (Lipinski definition) is 2. The lowest BCUT2D eigenvalue weighted by Gasteiger charge is -2.22. The average molecular weight is 226 g/mol. The fraction of sp³-hybridized carbons (Fsp3) is 0.923. The van der Waals surface area contributed by atoms with Crippen LogP contribution in [-0.2, 0) is 4.79 Å². The van der Waals surface area contributed by atoms with Gasteiger partial charge in [0.15, 0.2) is 0 Å². The molecule has 94 valence electrons. The highest BCUT2D eigenvalue weighted by Crippen LogP contribution is 2.21. The van der Waals surface area contributed by atoms with E-state index in [2.05, 4.69) is 20.8 Å². The third-order valence-electron chi connectivity index (χ3n) is 3.73. The number of amides is 1. The molecule has 1 aliphatic rings. The van der Waals surface area contributed by atoms with Crippen LogP contribution in [0.15, 0.2) is 0 Å². The van der Waals surface area contributed by atoms with Crippen LogP contribution in [0.3, 0.4) is 0 Å². The number of likely N-dealkylation sites (tertiary alicyclic amines) is 1. The second-order valence-corrected chi connectivity index (χ2v) is 5.13. The predicted octanol–water partition coefficient (Wildman–Crippen LogP) is 2.01. The van der Waals surface area contributed by atoms with Gasteiger partial charge >= 0.3 is 0 Å². The molecule has 1 fully saturated rings. The van der Waals surface area contributed by atoms with Gasteiger partial charge in [0.2, 0.25) is 5.91 Å². The van der Waals surface area contributed by atoms with Crippen LogP contribution in [0.1, 0.15) is 46.5 Å². The normalized spacial score (nSPS) is 27.1. The fourth-order valence-corrected chi connectivity index (χ4v) is 2.38. The van der Waals surface area contributed by atoms with Gasteiger partial charge in [-0.25, -0.2) is 0 Å². The lowest BCUT2D eigenvalue weighted by Crippen LogP contribution is -2.36. The molecule has 3 atom stereocenters. The molecular formula is C13H26N2O. The molecule has 0 aromatic heterocycles. The van der Waals surface area contributed by atoms with Gasteiger partial charge < -0.3 is 10.6 Å². The van der Waals surface area contributed by atoms with Crippen LogP contribution in [0.4, 0.5) is 0 Å². The monoisotopic (exact) mass is 226 g/mol. The van der Waals surface area contributed by atoms with Crippen LogP contribution in [-0.4, -0.2) is 29.9 Å². The van der Waals surface area contributed by atoms with E-state index in [-0.39, 0.29) is 12.0 Å². The Bertz CT molecular complexity index is 220. The van der Waals surface area contributed by atoms with Gasteiger partial charge in [-0.2, -0.15) is 0 Å². The molecule has 1 rings (SSSR count). The molecule has 0 aliphatic carbocycles. The van der Waals surface area contributed by atoms with Crippen molar-refractivity contribution in [3.8, 4) is 0 Å². The topological polar surface area (TPSA) is 46.3 Å². The van der Waals surface area contributed by atoms with Gasteiger partial charge in [0.05, 0.1) is 0 Å². The zero-order valence-corrected chi connectivity index (χ0v) is 10.9. The third kappa shape index (κ3) is 3.21. The highest BCUT2D eigenvalue weighted by atomic mass is 16.2. The summed E-state index contributed by atoms with van der Waals surface area (Å²) in [6, 6.07) is 0.174. The van der Waals surface area contributed by atoms with Gasteiger partial charge in [0, 0.05) is 25.0 Å². The lowest BCUT2D eigenvalue weighted by molar-refractivity contribution is -0.135. The van der Waals surface area contributed by atoms with Crippen molar-refractivity contribution in [2.45, 2.75) is 52.5 Å². The number of nitrogens with zero attached hydrogens (tertiary/aromatic N) is 1. The van der Waals surface area contributed by atoms with Gasteiger partial charge in [-0.15, -0.1) is 0 Å². The van der Waals surface area contributed by atoms with E-state index in [0.717, 1.165) is 32.4 Å². The van der Waals surface area contributed by atoms with E-state index in [1.165, 1.54) is 6.42 Å². The maximum atomic E-state index is 12.2. The van der Waals surface area contributed by atoms with Gasteiger partial charge in [-0.1, -0.05) is 33.6 Å². The van der Waals surface area contributed by atoms with Crippen molar-refractivity contribution >= 4 is 5.91 Å². The number of nitrogens with two attached hydrogens (primary N) is 1. The second kappa shape index (κ2) is 6.24. The molecule has 1 saturated heterocycles. The molecule has 1 aliphatic heterocycles. The van der Waals surface area contributed by atoms with E-state index in [9.17, 15) is 4.79 Å². The molecule has 0 radical (unpaired) electrons. The summed E-state index contributed by atoms with van der Waals surface area (Å²) in [6.45, 7) is 8.01. The molecule has 0 aromatic carbocycles. The third-order valence-corrected chi connectivity index (χ3v) is 3.73.